The number of rotatable bonds is 5. The topological polar surface area (TPSA) is 64.1 Å². The second-order valence-electron chi connectivity index (χ2n) is 4.62. The summed E-state index contributed by atoms with van der Waals surface area (Å²) in [5, 5.41) is 15.7. The molecular formula is C11H19N3OS. The van der Waals surface area contributed by atoms with E-state index >= 15 is 0 Å². The lowest BCUT2D eigenvalue weighted by molar-refractivity contribution is 0.0509. The van der Waals surface area contributed by atoms with Crippen molar-refractivity contribution in [3.63, 3.8) is 0 Å². The third-order valence-corrected chi connectivity index (χ3v) is 4.44. The normalized spacial score (nSPS) is 19.8. The number of thioether (sulfide) groups is 1. The monoisotopic (exact) mass is 241 g/mol. The zero-order valence-electron chi connectivity index (χ0n) is 9.81. The lowest BCUT2D eigenvalue weighted by atomic mass is 10.0. The molecule has 90 valence electrons. The molecule has 0 saturated heterocycles. The molecule has 0 bridgehead atoms. The van der Waals surface area contributed by atoms with Crippen LogP contribution < -0.4 is 5.73 Å². The van der Waals surface area contributed by atoms with E-state index in [-0.39, 0.29) is 0 Å². The summed E-state index contributed by atoms with van der Waals surface area (Å²) in [5.74, 6) is 1.06. The van der Waals surface area contributed by atoms with Crippen molar-refractivity contribution < 1.29 is 5.11 Å². The minimum atomic E-state index is -0.692. The first-order chi connectivity index (χ1) is 7.55. The molecule has 0 aliphatic heterocycles. The summed E-state index contributed by atoms with van der Waals surface area (Å²) >= 11 is 1.64. The Labute approximate surface area is 100 Å². The molecule has 0 amide bonds. The van der Waals surface area contributed by atoms with E-state index in [1.807, 2.05) is 24.7 Å². The molecule has 1 atom stereocenters. The first kappa shape index (κ1) is 12.0. The highest BCUT2D eigenvalue weighted by Gasteiger charge is 2.42. The van der Waals surface area contributed by atoms with Crippen LogP contribution in [-0.4, -0.2) is 32.8 Å². The van der Waals surface area contributed by atoms with Gasteiger partial charge in [-0.3, -0.25) is 4.68 Å². The van der Waals surface area contributed by atoms with Gasteiger partial charge in [0.2, 0.25) is 0 Å². The predicted molar refractivity (Wildman–Crippen MR) is 65.4 cm³/mol. The molecule has 0 spiro atoms. The smallest absolute Gasteiger partial charge is 0.0940 e. The maximum Gasteiger partial charge on any atom is 0.0940 e. The molecule has 1 aliphatic carbocycles. The van der Waals surface area contributed by atoms with E-state index < -0.39 is 5.60 Å². The Morgan fingerprint density at radius 3 is 2.81 bits per heavy atom. The minimum Gasteiger partial charge on any atom is -0.387 e. The van der Waals surface area contributed by atoms with Crippen LogP contribution in [0.25, 0.3) is 0 Å². The van der Waals surface area contributed by atoms with Crippen molar-refractivity contribution in [1.82, 2.24) is 9.78 Å². The van der Waals surface area contributed by atoms with Crippen LogP contribution in [0, 0.1) is 12.8 Å². The maximum absolute atomic E-state index is 10.3. The van der Waals surface area contributed by atoms with E-state index in [0.717, 1.165) is 23.6 Å². The van der Waals surface area contributed by atoms with Crippen LogP contribution in [0.4, 0.5) is 0 Å². The molecule has 1 heterocycles. The van der Waals surface area contributed by atoms with Crippen LogP contribution in [0.15, 0.2) is 11.1 Å². The van der Waals surface area contributed by atoms with Crippen LogP contribution in [0.5, 0.6) is 0 Å². The van der Waals surface area contributed by atoms with Gasteiger partial charge in [0, 0.05) is 19.3 Å². The summed E-state index contributed by atoms with van der Waals surface area (Å²) in [7, 11) is 1.92. The molecule has 1 unspecified atom stereocenters. The lowest BCUT2D eigenvalue weighted by Crippen LogP contribution is -2.42. The standard InChI is InChI=1S/C11H19N3OS/c1-8-5-10(14(2)13-8)16-7-11(15,6-12)9-3-4-9/h5,9,15H,3-4,6-7,12H2,1-2H3. The van der Waals surface area contributed by atoms with Crippen molar-refractivity contribution in [3.05, 3.63) is 11.8 Å². The Hall–Kier alpha value is -0.520. The van der Waals surface area contributed by atoms with E-state index in [4.69, 9.17) is 5.73 Å². The van der Waals surface area contributed by atoms with Gasteiger partial charge in [0.25, 0.3) is 0 Å². The first-order valence-electron chi connectivity index (χ1n) is 5.61. The van der Waals surface area contributed by atoms with Gasteiger partial charge in [-0.1, -0.05) is 0 Å². The van der Waals surface area contributed by atoms with Crippen molar-refractivity contribution in [2.75, 3.05) is 12.3 Å². The highest BCUT2D eigenvalue weighted by molar-refractivity contribution is 7.99. The molecule has 1 aliphatic rings. The largest absolute Gasteiger partial charge is 0.387 e. The molecule has 1 fully saturated rings. The summed E-state index contributed by atoms with van der Waals surface area (Å²) in [6.45, 7) is 2.32. The van der Waals surface area contributed by atoms with E-state index in [0.29, 0.717) is 18.2 Å². The summed E-state index contributed by atoms with van der Waals surface area (Å²) in [4.78, 5) is 0. The van der Waals surface area contributed by atoms with Gasteiger partial charge in [-0.15, -0.1) is 11.8 Å². The van der Waals surface area contributed by atoms with E-state index in [9.17, 15) is 5.11 Å². The molecular weight excluding hydrogens is 222 g/mol. The van der Waals surface area contributed by atoms with E-state index in [1.165, 1.54) is 0 Å². The fourth-order valence-corrected chi connectivity index (χ4v) is 3.12. The molecule has 1 aromatic heterocycles. The molecule has 0 radical (unpaired) electrons. The quantitative estimate of drug-likeness (QED) is 0.752. The highest BCUT2D eigenvalue weighted by Crippen LogP contribution is 2.41. The number of aliphatic hydroxyl groups is 1. The number of nitrogens with two attached hydrogens (primary N) is 1. The molecule has 5 heteroatoms. The Kier molecular flexibility index (Phi) is 3.28. The van der Waals surface area contributed by atoms with Gasteiger partial charge in [-0.25, -0.2) is 0 Å². The molecule has 3 N–H and O–H groups in total. The van der Waals surface area contributed by atoms with Gasteiger partial charge < -0.3 is 10.8 Å². The van der Waals surface area contributed by atoms with Crippen molar-refractivity contribution in [1.29, 1.82) is 0 Å². The van der Waals surface area contributed by atoms with Gasteiger partial charge in [0.15, 0.2) is 0 Å². The predicted octanol–water partition coefficient (Wildman–Crippen LogP) is 0.920. The van der Waals surface area contributed by atoms with Crippen LogP contribution >= 0.6 is 11.8 Å². The number of hydrogen-bond donors (Lipinski definition) is 2. The molecule has 2 rings (SSSR count). The SMILES string of the molecule is Cc1cc(SCC(O)(CN)C2CC2)n(C)n1. The molecule has 1 saturated carbocycles. The molecule has 1 aromatic rings. The summed E-state index contributed by atoms with van der Waals surface area (Å²) < 4.78 is 1.85. The van der Waals surface area contributed by atoms with Gasteiger partial charge in [-0.2, -0.15) is 5.10 Å². The fraction of sp³-hybridized carbons (Fsp3) is 0.727. The fourth-order valence-electron chi connectivity index (χ4n) is 1.88. The van der Waals surface area contributed by atoms with Gasteiger partial charge in [0.1, 0.15) is 0 Å². The third-order valence-electron chi connectivity index (χ3n) is 3.12. The number of hydrogen-bond acceptors (Lipinski definition) is 4. The average molecular weight is 241 g/mol. The molecule has 16 heavy (non-hydrogen) atoms. The Morgan fingerprint density at radius 1 is 1.69 bits per heavy atom. The molecule has 4 nitrogen and oxygen atoms in total. The zero-order chi connectivity index (χ0) is 11.8. The zero-order valence-corrected chi connectivity index (χ0v) is 10.6. The van der Waals surface area contributed by atoms with E-state index in [1.54, 1.807) is 11.8 Å². The van der Waals surface area contributed by atoms with Gasteiger partial charge in [0.05, 0.1) is 16.3 Å². The highest BCUT2D eigenvalue weighted by atomic mass is 32.2. The van der Waals surface area contributed by atoms with Gasteiger partial charge >= 0.3 is 0 Å². The lowest BCUT2D eigenvalue weighted by Gasteiger charge is -2.25. The second-order valence-corrected chi connectivity index (χ2v) is 5.61. The Morgan fingerprint density at radius 2 is 2.38 bits per heavy atom. The first-order valence-corrected chi connectivity index (χ1v) is 6.59. The summed E-state index contributed by atoms with van der Waals surface area (Å²) in [6, 6.07) is 2.04. The van der Waals surface area contributed by atoms with Crippen LogP contribution in [0.1, 0.15) is 18.5 Å². The Bertz CT molecular complexity index is 375. The minimum absolute atomic E-state index is 0.349. The second kappa shape index (κ2) is 4.39. The third kappa shape index (κ3) is 2.42. The number of aryl methyl sites for hydroxylation is 2. The maximum atomic E-state index is 10.3. The molecule has 0 aromatic carbocycles. The van der Waals surface area contributed by atoms with Crippen LogP contribution in [-0.2, 0) is 7.05 Å². The van der Waals surface area contributed by atoms with Crippen LogP contribution in [0.3, 0.4) is 0 Å². The van der Waals surface area contributed by atoms with Crippen molar-refractivity contribution in [2.45, 2.75) is 30.4 Å². The van der Waals surface area contributed by atoms with Crippen molar-refractivity contribution in [2.24, 2.45) is 18.7 Å². The number of aromatic nitrogens is 2. The Balaban J connectivity index is 1.98. The summed E-state index contributed by atoms with van der Waals surface area (Å²) in [6.07, 6.45) is 2.22. The van der Waals surface area contributed by atoms with Crippen molar-refractivity contribution >= 4 is 11.8 Å². The van der Waals surface area contributed by atoms with E-state index in [2.05, 4.69) is 5.10 Å². The van der Waals surface area contributed by atoms with Crippen LogP contribution in [0.2, 0.25) is 0 Å². The summed E-state index contributed by atoms with van der Waals surface area (Å²) in [5.41, 5.74) is 5.99. The average Bonchev–Trinajstić information content (AvgIpc) is 3.03. The van der Waals surface area contributed by atoms with Gasteiger partial charge in [-0.05, 0) is 31.7 Å². The van der Waals surface area contributed by atoms with Crippen molar-refractivity contribution in [3.8, 4) is 0 Å². The number of nitrogens with zero attached hydrogens (tertiary/aromatic N) is 2.